The fourth-order valence-electron chi connectivity index (χ4n) is 3.79. The number of hydrogen-bond donors (Lipinski definition) is 2. The van der Waals surface area contributed by atoms with Gasteiger partial charge in [-0.2, -0.15) is 5.10 Å². The lowest BCUT2D eigenvalue weighted by Crippen LogP contribution is -2.39. The fourth-order valence-corrected chi connectivity index (χ4v) is 5.23. The first-order valence-corrected chi connectivity index (χ1v) is 14.4. The molecule has 0 saturated carbocycles. The van der Waals surface area contributed by atoms with Gasteiger partial charge in [0.05, 0.1) is 28.8 Å². The second-order valence-corrected chi connectivity index (χ2v) is 10.9. The van der Waals surface area contributed by atoms with E-state index in [-0.39, 0.29) is 28.8 Å². The van der Waals surface area contributed by atoms with Crippen molar-refractivity contribution in [2.24, 2.45) is 5.10 Å². The highest BCUT2D eigenvalue weighted by Crippen LogP contribution is 2.25. The van der Waals surface area contributed by atoms with Gasteiger partial charge in [0.1, 0.15) is 18.0 Å². The van der Waals surface area contributed by atoms with E-state index in [0.717, 1.165) is 16.4 Å². The topological polar surface area (TPSA) is 170 Å². The molecule has 0 heterocycles. The zero-order valence-corrected chi connectivity index (χ0v) is 24.1. The van der Waals surface area contributed by atoms with Crippen molar-refractivity contribution in [3.63, 3.8) is 0 Å². The van der Waals surface area contributed by atoms with E-state index >= 15 is 0 Å². The van der Waals surface area contributed by atoms with Gasteiger partial charge in [0, 0.05) is 17.8 Å². The molecule has 0 radical (unpaired) electrons. The molecule has 4 aromatic carbocycles. The van der Waals surface area contributed by atoms with Crippen LogP contribution in [-0.2, 0) is 19.6 Å². The Balaban J connectivity index is 1.34. The van der Waals surface area contributed by atoms with Crippen LogP contribution in [0.15, 0.2) is 113 Å². The molecule has 226 valence electrons. The minimum Gasteiger partial charge on any atom is -0.497 e. The number of ether oxygens (including phenoxy) is 2. The first-order valence-electron chi connectivity index (χ1n) is 13.0. The Morgan fingerprint density at radius 3 is 2.14 bits per heavy atom. The molecule has 14 heteroatoms. The number of sulfonamides is 1. The number of non-ortho nitro benzene ring substituents is 1. The summed E-state index contributed by atoms with van der Waals surface area (Å²) in [5, 5.41) is 17.6. The van der Waals surface area contributed by atoms with Crippen LogP contribution in [0.1, 0.15) is 5.56 Å². The third kappa shape index (κ3) is 8.39. The molecule has 4 rings (SSSR count). The number of rotatable bonds is 13. The summed E-state index contributed by atoms with van der Waals surface area (Å²) in [6.45, 7) is -0.857. The van der Waals surface area contributed by atoms with Gasteiger partial charge in [0.25, 0.3) is 27.5 Å². The van der Waals surface area contributed by atoms with E-state index in [9.17, 15) is 28.1 Å². The number of amides is 2. The first kappa shape index (κ1) is 31.2. The lowest BCUT2D eigenvalue weighted by molar-refractivity contribution is -0.384. The Kier molecular flexibility index (Phi) is 10.2. The van der Waals surface area contributed by atoms with Crippen molar-refractivity contribution in [1.82, 2.24) is 5.43 Å². The highest BCUT2D eigenvalue weighted by Gasteiger charge is 2.27. The number of hydrazone groups is 1. The molecule has 0 aliphatic carbocycles. The molecular weight excluding hydrogens is 590 g/mol. The number of nitro benzene ring substituents is 1. The van der Waals surface area contributed by atoms with Crippen molar-refractivity contribution in [2.45, 2.75) is 4.90 Å². The van der Waals surface area contributed by atoms with Crippen molar-refractivity contribution in [2.75, 3.05) is 29.9 Å². The summed E-state index contributed by atoms with van der Waals surface area (Å²) in [5.41, 5.74) is 3.31. The summed E-state index contributed by atoms with van der Waals surface area (Å²) in [5.74, 6) is 0.00564. The van der Waals surface area contributed by atoms with E-state index in [2.05, 4.69) is 15.8 Å². The second kappa shape index (κ2) is 14.4. The monoisotopic (exact) mass is 617 g/mol. The van der Waals surface area contributed by atoms with E-state index in [1.807, 2.05) is 0 Å². The van der Waals surface area contributed by atoms with Crippen LogP contribution in [-0.4, -0.2) is 51.6 Å². The Hall–Kier alpha value is -5.76. The molecule has 0 spiro atoms. The molecular formula is C30H27N5O8S. The average molecular weight is 618 g/mol. The van der Waals surface area contributed by atoms with E-state index < -0.39 is 27.4 Å². The highest BCUT2D eigenvalue weighted by molar-refractivity contribution is 7.92. The molecule has 44 heavy (non-hydrogen) atoms. The summed E-state index contributed by atoms with van der Waals surface area (Å²) in [6, 6.07) is 25.7. The van der Waals surface area contributed by atoms with Gasteiger partial charge in [-0.1, -0.05) is 18.2 Å². The Morgan fingerprint density at radius 1 is 0.886 bits per heavy atom. The van der Waals surface area contributed by atoms with Gasteiger partial charge in [0.15, 0.2) is 6.61 Å². The number of carbonyl (C=O) groups is 2. The number of nitro groups is 1. The summed E-state index contributed by atoms with van der Waals surface area (Å²) in [7, 11) is -2.64. The lowest BCUT2D eigenvalue weighted by atomic mass is 10.2. The smallest absolute Gasteiger partial charge is 0.269 e. The van der Waals surface area contributed by atoms with Crippen LogP contribution in [0, 0.1) is 10.1 Å². The van der Waals surface area contributed by atoms with Crippen LogP contribution in [0.5, 0.6) is 11.5 Å². The van der Waals surface area contributed by atoms with Gasteiger partial charge in [-0.15, -0.1) is 0 Å². The summed E-state index contributed by atoms with van der Waals surface area (Å²) in [4.78, 5) is 35.3. The maximum Gasteiger partial charge on any atom is 0.269 e. The molecule has 2 amide bonds. The Labute approximate surface area is 252 Å². The van der Waals surface area contributed by atoms with Crippen molar-refractivity contribution < 1.29 is 32.4 Å². The zero-order chi connectivity index (χ0) is 31.5. The average Bonchev–Trinajstić information content (AvgIpc) is 3.04. The van der Waals surface area contributed by atoms with Crippen LogP contribution in [0.2, 0.25) is 0 Å². The molecule has 0 bridgehead atoms. The number of carbonyl (C=O) groups excluding carboxylic acids is 2. The van der Waals surface area contributed by atoms with Gasteiger partial charge < -0.3 is 14.8 Å². The fraction of sp³-hybridized carbons (Fsp3) is 0.100. The largest absolute Gasteiger partial charge is 0.497 e. The predicted molar refractivity (Wildman–Crippen MR) is 163 cm³/mol. The standard InChI is InChI=1S/C30H27N5O8S/c1-42-26-17-9-23(10-18-26)32-30(37)21-43-27-15-7-22(8-16-27)19-31-33-29(36)20-34(24-11-13-25(14-12-24)35(38)39)44(40,41)28-5-3-2-4-6-28/h2-19H,20-21H2,1H3,(H,32,37)(H,33,36)/b31-19-. The quantitative estimate of drug-likeness (QED) is 0.129. The number of benzene rings is 4. The van der Waals surface area contributed by atoms with Crippen LogP contribution in [0.25, 0.3) is 0 Å². The van der Waals surface area contributed by atoms with Crippen LogP contribution in [0.4, 0.5) is 17.1 Å². The van der Waals surface area contributed by atoms with Crippen molar-refractivity contribution in [1.29, 1.82) is 0 Å². The van der Waals surface area contributed by atoms with Crippen molar-refractivity contribution >= 4 is 45.1 Å². The maximum absolute atomic E-state index is 13.4. The Morgan fingerprint density at radius 2 is 1.52 bits per heavy atom. The second-order valence-electron chi connectivity index (χ2n) is 9.03. The lowest BCUT2D eigenvalue weighted by Gasteiger charge is -2.23. The third-order valence-corrected chi connectivity index (χ3v) is 7.78. The highest BCUT2D eigenvalue weighted by atomic mass is 32.2. The van der Waals surface area contributed by atoms with Gasteiger partial charge in [-0.05, 0) is 78.4 Å². The Bertz CT molecular complexity index is 1730. The number of anilines is 2. The van der Waals surface area contributed by atoms with E-state index in [0.29, 0.717) is 22.7 Å². The minimum atomic E-state index is -4.19. The van der Waals surface area contributed by atoms with Crippen molar-refractivity contribution in [3.8, 4) is 11.5 Å². The molecule has 4 aromatic rings. The van der Waals surface area contributed by atoms with Crippen LogP contribution in [0.3, 0.4) is 0 Å². The zero-order valence-electron chi connectivity index (χ0n) is 23.3. The SMILES string of the molecule is COc1ccc(NC(=O)COc2ccc(/C=N\NC(=O)CN(c3ccc([N+](=O)[O-])cc3)S(=O)(=O)c3ccccc3)cc2)cc1. The normalized spacial score (nSPS) is 11.0. The molecule has 0 atom stereocenters. The number of nitrogens with zero attached hydrogens (tertiary/aromatic N) is 3. The first-order chi connectivity index (χ1) is 21.2. The third-order valence-electron chi connectivity index (χ3n) is 5.99. The molecule has 0 aliphatic rings. The number of methoxy groups -OCH3 is 1. The molecule has 0 saturated heterocycles. The molecule has 2 N–H and O–H groups in total. The summed E-state index contributed by atoms with van der Waals surface area (Å²) < 4.78 is 38.1. The number of hydrogen-bond acceptors (Lipinski definition) is 9. The molecule has 0 unspecified atom stereocenters. The van der Waals surface area contributed by atoms with Gasteiger partial charge >= 0.3 is 0 Å². The number of nitrogens with one attached hydrogen (secondary N) is 2. The minimum absolute atomic E-state index is 0.0600. The van der Waals surface area contributed by atoms with Gasteiger partial charge in [-0.3, -0.25) is 24.0 Å². The predicted octanol–water partition coefficient (Wildman–Crippen LogP) is 3.97. The van der Waals surface area contributed by atoms with E-state index in [4.69, 9.17) is 9.47 Å². The molecule has 0 aliphatic heterocycles. The maximum atomic E-state index is 13.4. The molecule has 0 fully saturated rings. The van der Waals surface area contributed by atoms with Gasteiger partial charge in [-0.25, -0.2) is 13.8 Å². The summed E-state index contributed by atoms with van der Waals surface area (Å²) in [6.07, 6.45) is 1.35. The van der Waals surface area contributed by atoms with Gasteiger partial charge in [0.2, 0.25) is 0 Å². The van der Waals surface area contributed by atoms with Crippen molar-refractivity contribution in [3.05, 3.63) is 119 Å². The van der Waals surface area contributed by atoms with Crippen LogP contribution >= 0.6 is 0 Å². The molecule has 0 aromatic heterocycles. The molecule has 13 nitrogen and oxygen atoms in total. The van der Waals surface area contributed by atoms with Crippen LogP contribution < -0.4 is 24.5 Å². The van der Waals surface area contributed by atoms with E-state index in [1.54, 1.807) is 73.8 Å². The summed E-state index contributed by atoms with van der Waals surface area (Å²) >= 11 is 0. The van der Waals surface area contributed by atoms with E-state index in [1.165, 1.54) is 30.5 Å².